The predicted molar refractivity (Wildman–Crippen MR) is 108 cm³/mol. The quantitative estimate of drug-likeness (QED) is 0.176. The van der Waals surface area contributed by atoms with E-state index in [0.29, 0.717) is 25.8 Å². The van der Waals surface area contributed by atoms with E-state index in [4.69, 9.17) is 48.5 Å². The minimum Gasteiger partial charge on any atom is -0.480 e. The molecule has 0 heterocycles. The molecule has 4 unspecified atom stereocenters. The molecule has 28 heavy (non-hydrogen) atoms. The third kappa shape index (κ3) is 26.7. The summed E-state index contributed by atoms with van der Waals surface area (Å²) < 4.78 is 0. The van der Waals surface area contributed by atoms with Gasteiger partial charge in [-0.25, -0.2) is 0 Å². The van der Waals surface area contributed by atoms with Gasteiger partial charge in [-0.05, 0) is 44.7 Å². The zero-order valence-electron chi connectivity index (χ0n) is 16.5. The maximum atomic E-state index is 10.1. The molecule has 4 atom stereocenters. The van der Waals surface area contributed by atoms with Crippen LogP contribution in [0.4, 0.5) is 0 Å². The molecule has 13 heteroatoms. The molecule has 0 spiro atoms. The lowest BCUT2D eigenvalue weighted by molar-refractivity contribution is -0.141. The number of aliphatic carboxylic acids is 3. The molecule has 0 aromatic rings. The van der Waals surface area contributed by atoms with Crippen LogP contribution in [0.15, 0.2) is 0 Å². The Morgan fingerprint density at radius 3 is 1.50 bits per heavy atom. The first-order valence-corrected chi connectivity index (χ1v) is 9.58. The highest BCUT2D eigenvalue weighted by Gasteiger charge is 2.16. The highest BCUT2D eigenvalue weighted by Crippen LogP contribution is 1.97. The molecule has 0 aromatic carbocycles. The van der Waals surface area contributed by atoms with Gasteiger partial charge in [0.05, 0.1) is 6.10 Å². The Bertz CT molecular complexity index is 378. The van der Waals surface area contributed by atoms with E-state index in [9.17, 15) is 14.4 Å². The molecular weight excluding hydrogens is 396 g/mol. The molecule has 0 fully saturated rings. The summed E-state index contributed by atoms with van der Waals surface area (Å²) in [6.45, 7) is 1.83. The Hall–Kier alpha value is -1.48. The van der Waals surface area contributed by atoms with Crippen LogP contribution in [0.1, 0.15) is 26.2 Å². The molecule has 12 nitrogen and oxygen atoms in total. The van der Waals surface area contributed by atoms with Crippen LogP contribution in [0.3, 0.4) is 0 Å². The SMILES string of the molecule is CC(O)C(N)C(=O)O.CO.CSCCC(N)C(=O)O.NCCCC(N)C(=O)O. The summed E-state index contributed by atoms with van der Waals surface area (Å²) in [5, 5.41) is 40.1. The number of carbonyl (C=O) groups is 3. The van der Waals surface area contributed by atoms with Gasteiger partial charge in [-0.1, -0.05) is 0 Å². The van der Waals surface area contributed by atoms with Crippen molar-refractivity contribution in [2.75, 3.05) is 25.7 Å². The number of carboxylic acid groups (broad SMARTS) is 3. The lowest BCUT2D eigenvalue weighted by atomic mass is 10.2. The topological polar surface area (TPSA) is 256 Å². The number of aliphatic hydroxyl groups excluding tert-OH is 2. The predicted octanol–water partition coefficient (Wildman–Crippen LogP) is -2.32. The van der Waals surface area contributed by atoms with E-state index >= 15 is 0 Å². The second-order valence-corrected chi connectivity index (χ2v) is 6.19. The summed E-state index contributed by atoms with van der Waals surface area (Å²) >= 11 is 1.60. The van der Waals surface area contributed by atoms with E-state index < -0.39 is 42.1 Å². The lowest BCUT2D eigenvalue weighted by Crippen LogP contribution is -2.39. The monoisotopic (exact) mass is 432 g/mol. The molecular formula is C15H36N4O8S. The number of nitrogens with two attached hydrogens (primary N) is 4. The first-order chi connectivity index (χ1) is 12.9. The number of aliphatic hydroxyl groups is 2. The van der Waals surface area contributed by atoms with Gasteiger partial charge in [-0.15, -0.1) is 0 Å². The number of rotatable bonds is 10. The molecule has 0 radical (unpaired) electrons. The van der Waals surface area contributed by atoms with Gasteiger partial charge >= 0.3 is 17.9 Å². The van der Waals surface area contributed by atoms with Gasteiger partial charge < -0.3 is 48.5 Å². The fourth-order valence-electron chi connectivity index (χ4n) is 1.04. The van der Waals surface area contributed by atoms with E-state index in [0.717, 1.165) is 12.9 Å². The van der Waals surface area contributed by atoms with Crippen LogP contribution >= 0.6 is 11.8 Å². The van der Waals surface area contributed by atoms with Gasteiger partial charge in [0, 0.05) is 7.11 Å². The highest BCUT2D eigenvalue weighted by molar-refractivity contribution is 7.98. The van der Waals surface area contributed by atoms with Gasteiger partial charge in [-0.2, -0.15) is 11.8 Å². The van der Waals surface area contributed by atoms with E-state index in [1.54, 1.807) is 11.8 Å². The average Bonchev–Trinajstić information content (AvgIpc) is 2.65. The molecule has 0 rings (SSSR count). The second-order valence-electron chi connectivity index (χ2n) is 5.21. The summed E-state index contributed by atoms with van der Waals surface area (Å²) in [4.78, 5) is 30.0. The number of hydrogen-bond donors (Lipinski definition) is 9. The van der Waals surface area contributed by atoms with Crippen LogP contribution < -0.4 is 22.9 Å². The minimum absolute atomic E-state index is 0.464. The first kappa shape index (κ1) is 34.1. The molecule has 0 bridgehead atoms. The molecule has 170 valence electrons. The lowest BCUT2D eigenvalue weighted by Gasteiger charge is -2.06. The number of hydrogen-bond acceptors (Lipinski definition) is 10. The number of thioether (sulfide) groups is 1. The van der Waals surface area contributed by atoms with Crippen molar-refractivity contribution in [2.24, 2.45) is 22.9 Å². The van der Waals surface area contributed by atoms with Gasteiger partial charge in [0.2, 0.25) is 0 Å². The standard InChI is InChI=1S/C5H12N2O2.C5H11NO2S.C4H9NO3.CH4O/c6-3-1-2-4(7)5(8)9;1-9-3-2-4(6)5(7)8;1-2(6)3(5)4(7)8;1-2/h4H,1-3,6-7H2,(H,8,9);4H,2-3,6H2,1H3,(H,7,8);2-3,6H,5H2,1H3,(H,7,8);2H,1H3. The van der Waals surface area contributed by atoms with Gasteiger partial charge in [0.15, 0.2) is 0 Å². The summed E-state index contributed by atoms with van der Waals surface area (Å²) in [6.07, 6.45) is 2.64. The van der Waals surface area contributed by atoms with E-state index in [1.165, 1.54) is 6.92 Å². The Morgan fingerprint density at radius 1 is 0.893 bits per heavy atom. The van der Waals surface area contributed by atoms with Crippen molar-refractivity contribution in [1.29, 1.82) is 0 Å². The summed E-state index contributed by atoms with van der Waals surface area (Å²) in [5.41, 5.74) is 20.4. The Kier molecular flexibility index (Phi) is 28.7. The Balaban J connectivity index is -0.000000148. The number of carboxylic acids is 3. The zero-order chi connectivity index (χ0) is 23.3. The van der Waals surface area contributed by atoms with Crippen molar-refractivity contribution in [1.82, 2.24) is 0 Å². The smallest absolute Gasteiger partial charge is 0.323 e. The largest absolute Gasteiger partial charge is 0.480 e. The summed E-state index contributed by atoms with van der Waals surface area (Å²) in [5.74, 6) is -2.24. The molecule has 0 aliphatic carbocycles. The van der Waals surface area contributed by atoms with Gasteiger partial charge in [-0.3, -0.25) is 14.4 Å². The van der Waals surface area contributed by atoms with Crippen LogP contribution in [-0.2, 0) is 14.4 Å². The minimum atomic E-state index is -1.18. The summed E-state index contributed by atoms with van der Waals surface area (Å²) in [6, 6.07) is -2.58. The highest BCUT2D eigenvalue weighted by atomic mass is 32.2. The second kappa shape index (κ2) is 23.6. The molecule has 0 aliphatic heterocycles. The maximum absolute atomic E-state index is 10.1. The van der Waals surface area contributed by atoms with Gasteiger partial charge in [0.1, 0.15) is 18.1 Å². The fraction of sp³-hybridized carbons (Fsp3) is 0.800. The third-order valence-corrected chi connectivity index (χ3v) is 3.44. The van der Waals surface area contributed by atoms with Crippen LogP contribution in [0.2, 0.25) is 0 Å². The molecule has 0 saturated heterocycles. The molecule has 0 aliphatic rings. The van der Waals surface area contributed by atoms with Crippen molar-refractivity contribution in [3.05, 3.63) is 0 Å². The molecule has 0 aromatic heterocycles. The van der Waals surface area contributed by atoms with Gasteiger partial charge in [0.25, 0.3) is 0 Å². The normalized spacial score (nSPS) is 13.6. The zero-order valence-corrected chi connectivity index (χ0v) is 17.3. The van der Waals surface area contributed by atoms with E-state index in [-0.39, 0.29) is 0 Å². The maximum Gasteiger partial charge on any atom is 0.323 e. The van der Waals surface area contributed by atoms with Crippen molar-refractivity contribution in [2.45, 2.75) is 50.4 Å². The Labute approximate surface area is 169 Å². The van der Waals surface area contributed by atoms with Crippen LogP contribution in [0, 0.1) is 0 Å². The van der Waals surface area contributed by atoms with Crippen LogP contribution in [0.25, 0.3) is 0 Å². The van der Waals surface area contributed by atoms with E-state index in [2.05, 4.69) is 0 Å². The van der Waals surface area contributed by atoms with Crippen molar-refractivity contribution >= 4 is 29.7 Å². The van der Waals surface area contributed by atoms with Crippen LogP contribution in [0.5, 0.6) is 0 Å². The fourth-order valence-corrected chi connectivity index (χ4v) is 1.53. The molecule has 0 amide bonds. The molecule has 0 saturated carbocycles. The molecule has 13 N–H and O–H groups in total. The van der Waals surface area contributed by atoms with E-state index in [1.807, 2.05) is 6.26 Å². The average molecular weight is 433 g/mol. The summed E-state index contributed by atoms with van der Waals surface area (Å²) in [7, 11) is 1.00. The van der Waals surface area contributed by atoms with Crippen molar-refractivity contribution in [3.63, 3.8) is 0 Å². The van der Waals surface area contributed by atoms with Crippen molar-refractivity contribution in [3.8, 4) is 0 Å². The van der Waals surface area contributed by atoms with Crippen LogP contribution in [-0.4, -0.2) is 93.3 Å². The third-order valence-electron chi connectivity index (χ3n) is 2.79. The van der Waals surface area contributed by atoms with Crippen molar-refractivity contribution < 1.29 is 39.9 Å². The Morgan fingerprint density at radius 2 is 1.29 bits per heavy atom. The first-order valence-electron chi connectivity index (χ1n) is 8.19.